The summed E-state index contributed by atoms with van der Waals surface area (Å²) in [6.07, 6.45) is 0.285. The molecule has 0 aliphatic heterocycles. The van der Waals surface area contributed by atoms with Crippen LogP contribution in [0.25, 0.3) is 0 Å². The maximum Gasteiger partial charge on any atom is 0.128 e. The first-order valence-electron chi connectivity index (χ1n) is 6.24. The zero-order chi connectivity index (χ0) is 14.0. The number of nitrogens with two attached hydrogens (primary N) is 1. The fourth-order valence-electron chi connectivity index (χ4n) is 2.40. The Morgan fingerprint density at radius 1 is 1.05 bits per heavy atom. The van der Waals surface area contributed by atoms with E-state index in [-0.39, 0.29) is 18.1 Å². The van der Waals surface area contributed by atoms with Crippen LogP contribution in [-0.4, -0.2) is 0 Å². The Balaban J connectivity index is 2.31. The lowest BCUT2D eigenvalue weighted by atomic mass is 9.94. The van der Waals surface area contributed by atoms with Crippen molar-refractivity contribution in [1.29, 1.82) is 0 Å². The van der Waals surface area contributed by atoms with Crippen LogP contribution in [0.1, 0.15) is 28.3 Å². The molecule has 2 aromatic carbocycles. The minimum absolute atomic E-state index is 0.285. The lowest BCUT2D eigenvalue weighted by Gasteiger charge is -2.17. The number of benzene rings is 2. The van der Waals surface area contributed by atoms with E-state index in [2.05, 4.69) is 0 Å². The molecular weight excluding hydrogens is 244 g/mol. The molecule has 0 fully saturated rings. The van der Waals surface area contributed by atoms with Crippen LogP contribution in [0.2, 0.25) is 0 Å². The molecule has 0 heterocycles. The molecule has 1 unspecified atom stereocenters. The van der Waals surface area contributed by atoms with Crippen LogP contribution in [-0.2, 0) is 6.42 Å². The van der Waals surface area contributed by atoms with Crippen LogP contribution < -0.4 is 5.73 Å². The number of halogens is 2. The van der Waals surface area contributed by atoms with Gasteiger partial charge in [0, 0.05) is 11.6 Å². The largest absolute Gasteiger partial charge is 0.324 e. The van der Waals surface area contributed by atoms with Crippen molar-refractivity contribution in [2.24, 2.45) is 5.73 Å². The Hall–Kier alpha value is -1.74. The van der Waals surface area contributed by atoms with Gasteiger partial charge in [-0.2, -0.15) is 0 Å². The Morgan fingerprint density at radius 2 is 1.74 bits per heavy atom. The minimum Gasteiger partial charge on any atom is -0.324 e. The van der Waals surface area contributed by atoms with Gasteiger partial charge in [0.2, 0.25) is 0 Å². The van der Waals surface area contributed by atoms with Crippen LogP contribution in [0.15, 0.2) is 36.4 Å². The summed E-state index contributed by atoms with van der Waals surface area (Å²) in [5, 5.41) is 0. The molecule has 0 amide bonds. The second-order valence-electron chi connectivity index (χ2n) is 4.88. The van der Waals surface area contributed by atoms with Crippen LogP contribution in [0.4, 0.5) is 8.78 Å². The number of aryl methyl sites for hydroxylation is 2. The molecule has 1 nitrogen and oxygen atoms in total. The zero-order valence-corrected chi connectivity index (χ0v) is 11.1. The molecule has 2 rings (SSSR count). The molecule has 0 spiro atoms. The van der Waals surface area contributed by atoms with E-state index in [9.17, 15) is 8.78 Å². The number of hydrogen-bond donors (Lipinski definition) is 1. The highest BCUT2D eigenvalue weighted by atomic mass is 19.1. The molecule has 0 aromatic heterocycles. The molecule has 100 valence electrons. The Kier molecular flexibility index (Phi) is 3.96. The summed E-state index contributed by atoms with van der Waals surface area (Å²) in [6.45, 7) is 3.66. The van der Waals surface area contributed by atoms with Gasteiger partial charge in [-0.3, -0.25) is 0 Å². The van der Waals surface area contributed by atoms with Gasteiger partial charge in [0.25, 0.3) is 0 Å². The van der Waals surface area contributed by atoms with Crippen molar-refractivity contribution in [2.75, 3.05) is 0 Å². The molecule has 0 radical (unpaired) electrons. The first-order valence-corrected chi connectivity index (χ1v) is 6.24. The highest BCUT2D eigenvalue weighted by Crippen LogP contribution is 2.24. The quantitative estimate of drug-likeness (QED) is 0.893. The summed E-state index contributed by atoms with van der Waals surface area (Å²) in [4.78, 5) is 0. The second-order valence-corrected chi connectivity index (χ2v) is 4.88. The van der Waals surface area contributed by atoms with Crippen molar-refractivity contribution >= 4 is 0 Å². The lowest BCUT2D eigenvalue weighted by molar-refractivity contribution is 0.560. The van der Waals surface area contributed by atoms with Crippen LogP contribution in [0.5, 0.6) is 0 Å². The van der Waals surface area contributed by atoms with Crippen LogP contribution >= 0.6 is 0 Å². The van der Waals surface area contributed by atoms with Crippen LogP contribution in [0, 0.1) is 25.5 Å². The van der Waals surface area contributed by atoms with Crippen molar-refractivity contribution in [1.82, 2.24) is 0 Å². The fraction of sp³-hybridized carbons (Fsp3) is 0.250. The third-order valence-corrected chi connectivity index (χ3v) is 3.25. The summed E-state index contributed by atoms with van der Waals surface area (Å²) in [7, 11) is 0. The van der Waals surface area contributed by atoms with E-state index in [0.29, 0.717) is 11.1 Å². The van der Waals surface area contributed by atoms with E-state index in [4.69, 9.17) is 5.73 Å². The van der Waals surface area contributed by atoms with E-state index < -0.39 is 6.04 Å². The summed E-state index contributed by atoms with van der Waals surface area (Å²) in [6, 6.07) is 9.25. The topological polar surface area (TPSA) is 26.0 Å². The van der Waals surface area contributed by atoms with Gasteiger partial charge in [-0.05, 0) is 49.1 Å². The van der Waals surface area contributed by atoms with Crippen molar-refractivity contribution in [3.8, 4) is 0 Å². The summed E-state index contributed by atoms with van der Waals surface area (Å²) in [5.41, 5.74) is 8.68. The third kappa shape index (κ3) is 2.99. The van der Waals surface area contributed by atoms with Gasteiger partial charge in [0.15, 0.2) is 0 Å². The van der Waals surface area contributed by atoms with Gasteiger partial charge in [0.1, 0.15) is 11.6 Å². The molecule has 19 heavy (non-hydrogen) atoms. The monoisotopic (exact) mass is 261 g/mol. The standard InChI is InChI=1S/C16H17F2N/c1-10-7-11(2)16(14(18)8-10)15(19)9-12-5-3-4-6-13(12)17/h3-8,15H,9,19H2,1-2H3. The fourth-order valence-corrected chi connectivity index (χ4v) is 2.40. The maximum absolute atomic E-state index is 14.0. The zero-order valence-electron chi connectivity index (χ0n) is 11.1. The molecule has 0 bridgehead atoms. The lowest BCUT2D eigenvalue weighted by Crippen LogP contribution is -2.17. The summed E-state index contributed by atoms with van der Waals surface area (Å²) in [5.74, 6) is -0.621. The van der Waals surface area contributed by atoms with Gasteiger partial charge < -0.3 is 5.73 Å². The van der Waals surface area contributed by atoms with Gasteiger partial charge in [-0.15, -0.1) is 0 Å². The van der Waals surface area contributed by atoms with Gasteiger partial charge in [0.05, 0.1) is 0 Å². The van der Waals surface area contributed by atoms with Gasteiger partial charge in [-0.1, -0.05) is 24.3 Å². The predicted octanol–water partition coefficient (Wildman–Crippen LogP) is 3.82. The van der Waals surface area contributed by atoms with E-state index >= 15 is 0 Å². The molecule has 0 saturated heterocycles. The molecule has 2 N–H and O–H groups in total. The molecule has 1 atom stereocenters. The van der Waals surface area contributed by atoms with Crippen molar-refractivity contribution in [2.45, 2.75) is 26.3 Å². The minimum atomic E-state index is -0.544. The van der Waals surface area contributed by atoms with E-state index in [1.807, 2.05) is 19.9 Å². The maximum atomic E-state index is 14.0. The first kappa shape index (κ1) is 13.7. The second kappa shape index (κ2) is 5.49. The van der Waals surface area contributed by atoms with Crippen LogP contribution in [0.3, 0.4) is 0 Å². The summed E-state index contributed by atoms with van der Waals surface area (Å²) >= 11 is 0. The van der Waals surface area contributed by atoms with Crippen molar-refractivity contribution in [3.05, 3.63) is 70.3 Å². The predicted molar refractivity (Wildman–Crippen MR) is 72.9 cm³/mol. The number of hydrogen-bond acceptors (Lipinski definition) is 1. The SMILES string of the molecule is Cc1cc(C)c(C(N)Cc2ccccc2F)c(F)c1. The van der Waals surface area contributed by atoms with E-state index in [1.165, 1.54) is 12.1 Å². The molecular formula is C16H17F2N. The normalized spacial score (nSPS) is 12.5. The summed E-state index contributed by atoms with van der Waals surface area (Å²) < 4.78 is 27.6. The number of rotatable bonds is 3. The Labute approximate surface area is 112 Å². The van der Waals surface area contributed by atoms with Gasteiger partial charge in [-0.25, -0.2) is 8.78 Å². The Bertz CT molecular complexity index is 570. The average molecular weight is 261 g/mol. The first-order chi connectivity index (χ1) is 8.99. The Morgan fingerprint density at radius 3 is 2.37 bits per heavy atom. The third-order valence-electron chi connectivity index (χ3n) is 3.25. The molecule has 3 heteroatoms. The van der Waals surface area contributed by atoms with Crippen molar-refractivity contribution in [3.63, 3.8) is 0 Å². The molecule has 0 saturated carbocycles. The van der Waals surface area contributed by atoms with E-state index in [0.717, 1.165) is 11.1 Å². The highest BCUT2D eigenvalue weighted by Gasteiger charge is 2.16. The van der Waals surface area contributed by atoms with Crippen molar-refractivity contribution < 1.29 is 8.78 Å². The highest BCUT2D eigenvalue weighted by molar-refractivity contribution is 5.35. The molecule has 2 aromatic rings. The van der Waals surface area contributed by atoms with Gasteiger partial charge >= 0.3 is 0 Å². The van der Waals surface area contributed by atoms with E-state index in [1.54, 1.807) is 18.2 Å². The molecule has 0 aliphatic carbocycles. The molecule has 0 aliphatic rings. The average Bonchev–Trinajstić information content (AvgIpc) is 2.30. The smallest absolute Gasteiger partial charge is 0.128 e.